The maximum atomic E-state index is 13.5. The monoisotopic (exact) mass is 991 g/mol. The molecule has 8 rings (SSSR count). The van der Waals surface area contributed by atoms with E-state index < -0.39 is 5.97 Å². The number of nitrogens with one attached hydrogen (secondary N) is 1. The van der Waals surface area contributed by atoms with Gasteiger partial charge in [0, 0.05) is 38.3 Å². The Balaban J connectivity index is 0.000000224. The van der Waals surface area contributed by atoms with Crippen LogP contribution in [-0.2, 0) is 0 Å². The third-order valence-corrected chi connectivity index (χ3v) is 13.9. The second-order valence-electron chi connectivity index (χ2n) is 18.5. The number of rotatable bonds is 17. The summed E-state index contributed by atoms with van der Waals surface area (Å²) in [6, 6.07) is 29.2. The first-order chi connectivity index (χ1) is 34.3. The van der Waals surface area contributed by atoms with Crippen LogP contribution in [0.5, 0.6) is 0 Å². The molecule has 4 heterocycles. The largest absolute Gasteiger partial charge is 0.477 e. The highest BCUT2D eigenvalue weighted by Gasteiger charge is 2.31. The van der Waals surface area contributed by atoms with E-state index in [0.717, 1.165) is 124 Å². The maximum Gasteiger partial charge on any atom is 0.354 e. The number of carboxylic acids is 1. The Kier molecular flexibility index (Phi) is 22.3. The van der Waals surface area contributed by atoms with Crippen molar-refractivity contribution in [3.63, 3.8) is 0 Å². The average Bonchev–Trinajstić information content (AvgIpc) is 4.11. The van der Waals surface area contributed by atoms with Crippen molar-refractivity contribution in [1.82, 2.24) is 34.2 Å². The number of piperidine rings is 2. The minimum absolute atomic E-state index is 0. The molecule has 1 amide bonds. The average molecular weight is 991 g/mol. The van der Waals surface area contributed by atoms with Crippen LogP contribution in [0.25, 0.3) is 22.3 Å². The van der Waals surface area contributed by atoms with E-state index in [9.17, 15) is 33.7 Å². The van der Waals surface area contributed by atoms with Gasteiger partial charge >= 0.3 is 5.97 Å². The Labute approximate surface area is 424 Å². The van der Waals surface area contributed by atoms with Crippen molar-refractivity contribution >= 4 is 11.9 Å². The van der Waals surface area contributed by atoms with Gasteiger partial charge in [0.15, 0.2) is 0 Å². The third-order valence-electron chi connectivity index (χ3n) is 13.9. The minimum atomic E-state index is -1.02. The van der Waals surface area contributed by atoms with Crippen molar-refractivity contribution in [2.24, 2.45) is 5.73 Å². The topological polar surface area (TPSA) is 175 Å². The normalized spacial score (nSPS) is 16.0. The summed E-state index contributed by atoms with van der Waals surface area (Å²) in [6.07, 6.45) is 13.3. The summed E-state index contributed by atoms with van der Waals surface area (Å²) < 4.78 is 30.2. The van der Waals surface area contributed by atoms with Crippen LogP contribution in [0.4, 0.5) is 8.78 Å². The lowest BCUT2D eigenvalue weighted by Crippen LogP contribution is -2.49. The molecule has 388 valence electrons. The molecule has 13 nitrogen and oxygen atoms in total. The summed E-state index contributed by atoms with van der Waals surface area (Å²) in [6.45, 7) is 13.1. The van der Waals surface area contributed by atoms with Crippen LogP contribution in [-0.4, -0.2) is 120 Å². The summed E-state index contributed by atoms with van der Waals surface area (Å²) in [5.41, 5.74) is 12.0. The first kappa shape index (κ1) is 56.8. The van der Waals surface area contributed by atoms with E-state index >= 15 is 0 Å². The lowest BCUT2D eigenvalue weighted by atomic mass is 9.95. The highest BCUT2D eigenvalue weighted by Crippen LogP contribution is 2.33. The third kappa shape index (κ3) is 15.2. The molecule has 4 aromatic carbocycles. The Morgan fingerprint density at radius 1 is 0.708 bits per heavy atom. The number of imidazole rings is 2. The van der Waals surface area contributed by atoms with Gasteiger partial charge in [-0.25, -0.2) is 23.5 Å². The second kappa shape index (κ2) is 28.2. The van der Waals surface area contributed by atoms with E-state index in [4.69, 9.17) is 5.73 Å². The highest BCUT2D eigenvalue weighted by atomic mass is 19.1. The van der Waals surface area contributed by atoms with Crippen molar-refractivity contribution in [3.05, 3.63) is 156 Å². The van der Waals surface area contributed by atoms with Gasteiger partial charge in [0.1, 0.15) is 23.0 Å². The molecule has 0 spiro atoms. The summed E-state index contributed by atoms with van der Waals surface area (Å²) in [4.78, 5) is 37.5. The standard InChI is InChI=1S/C28H33FN4O2.C18H15FN2O2.C10H24N2O.CH4/c1-20(25-4-2-3-5-26(25)21-6-8-22(29)9-7-21)33-19-30-18-27(33)28(35)32-14-10-23(11-15-32)31-16-12-24(34)13-17-31;1-12(21-11-20-10-17(21)18(22)23)15-4-2-3-5-16(15)13-6-8-14(19)9-7-13;1-3-9(5-7-11)12-8-6-10(13)4-2;/h2-9,18-20,23-24,34H,10-17H2,1H3;2-12H,1H3,(H,22,23);9-10,12-13H,3-8,11H2,1-2H3;1H4/t20-;12-;;/m00../s1. The molecule has 2 fully saturated rings. The van der Waals surface area contributed by atoms with Crippen LogP contribution in [0.3, 0.4) is 0 Å². The van der Waals surface area contributed by atoms with Gasteiger partial charge < -0.3 is 45.3 Å². The highest BCUT2D eigenvalue weighted by molar-refractivity contribution is 5.92. The van der Waals surface area contributed by atoms with Crippen molar-refractivity contribution in [2.45, 2.75) is 123 Å². The van der Waals surface area contributed by atoms with Crippen molar-refractivity contribution < 1.29 is 33.7 Å². The number of carbonyl (C=O) groups is 2. The molecular weight excluding hydrogens is 915 g/mol. The Bertz CT molecular complexity index is 2550. The fourth-order valence-electron chi connectivity index (χ4n) is 9.52. The van der Waals surface area contributed by atoms with Gasteiger partial charge in [-0.3, -0.25) is 4.79 Å². The van der Waals surface area contributed by atoms with Crippen molar-refractivity contribution in [3.8, 4) is 22.3 Å². The van der Waals surface area contributed by atoms with Gasteiger partial charge in [0.25, 0.3) is 5.91 Å². The minimum Gasteiger partial charge on any atom is -0.477 e. The molecule has 2 unspecified atom stereocenters. The van der Waals surface area contributed by atoms with Gasteiger partial charge in [-0.15, -0.1) is 0 Å². The van der Waals surface area contributed by atoms with Gasteiger partial charge in [0.05, 0.1) is 49.3 Å². The summed E-state index contributed by atoms with van der Waals surface area (Å²) in [5, 5.41) is 31.8. The fourth-order valence-corrected chi connectivity index (χ4v) is 9.52. The number of carboxylic acid groups (broad SMARTS) is 1. The summed E-state index contributed by atoms with van der Waals surface area (Å²) in [7, 11) is 0. The molecule has 6 N–H and O–H groups in total. The number of benzene rings is 4. The molecule has 0 bridgehead atoms. The number of likely N-dealkylation sites (tertiary alicyclic amines) is 2. The van der Waals surface area contributed by atoms with E-state index in [0.29, 0.717) is 17.8 Å². The van der Waals surface area contributed by atoms with Crippen LogP contribution in [0, 0.1) is 11.6 Å². The van der Waals surface area contributed by atoms with E-state index in [1.165, 1.54) is 36.8 Å². The van der Waals surface area contributed by atoms with Gasteiger partial charge in [-0.05, 0) is 136 Å². The lowest BCUT2D eigenvalue weighted by molar-refractivity contribution is 0.0353. The number of nitrogens with two attached hydrogens (primary N) is 1. The number of aromatic carboxylic acids is 1. The van der Waals surface area contributed by atoms with Crippen LogP contribution in [0.15, 0.2) is 122 Å². The zero-order valence-electron chi connectivity index (χ0n) is 41.6. The smallest absolute Gasteiger partial charge is 0.354 e. The van der Waals surface area contributed by atoms with Gasteiger partial charge in [0.2, 0.25) is 0 Å². The number of aromatic nitrogens is 4. The van der Waals surface area contributed by atoms with Crippen molar-refractivity contribution in [2.75, 3.05) is 39.3 Å². The maximum absolute atomic E-state index is 13.5. The Morgan fingerprint density at radius 3 is 1.67 bits per heavy atom. The number of halogens is 2. The van der Waals surface area contributed by atoms with Crippen molar-refractivity contribution in [1.29, 1.82) is 0 Å². The van der Waals surface area contributed by atoms with E-state index in [1.807, 2.05) is 65.8 Å². The quantitative estimate of drug-likeness (QED) is 0.0592. The molecule has 2 saturated heterocycles. The first-order valence-corrected chi connectivity index (χ1v) is 25.1. The molecule has 0 radical (unpaired) electrons. The predicted octanol–water partition coefficient (Wildman–Crippen LogP) is 9.86. The molecule has 72 heavy (non-hydrogen) atoms. The number of nitrogens with zero attached hydrogens (tertiary/aromatic N) is 6. The van der Waals surface area contributed by atoms with Gasteiger partial charge in [-0.2, -0.15) is 0 Å². The number of amides is 1. The fraction of sp³-hybridized carbons (Fsp3) is 0.439. The molecule has 2 aliphatic heterocycles. The van der Waals surface area contributed by atoms with Crippen LogP contribution < -0.4 is 11.1 Å². The van der Waals surface area contributed by atoms with Gasteiger partial charge in [-0.1, -0.05) is 94.1 Å². The Hall–Kier alpha value is -6.10. The van der Waals surface area contributed by atoms with Crippen LogP contribution >= 0.6 is 0 Å². The number of aliphatic hydroxyl groups is 2. The summed E-state index contributed by atoms with van der Waals surface area (Å²) in [5.74, 6) is -1.56. The van der Waals surface area contributed by atoms with E-state index in [2.05, 4.69) is 40.1 Å². The number of aliphatic hydroxyl groups excluding tert-OH is 2. The first-order valence-electron chi connectivity index (χ1n) is 25.1. The second-order valence-corrected chi connectivity index (χ2v) is 18.5. The number of carbonyl (C=O) groups excluding carboxylic acids is 1. The lowest BCUT2D eigenvalue weighted by Gasteiger charge is -2.41. The van der Waals surface area contributed by atoms with E-state index in [1.54, 1.807) is 41.4 Å². The molecule has 15 heteroatoms. The molecule has 6 aromatic rings. The molecular formula is C57H76F2N8O5. The Morgan fingerprint density at radius 2 is 1.19 bits per heavy atom. The summed E-state index contributed by atoms with van der Waals surface area (Å²) >= 11 is 0. The van der Waals surface area contributed by atoms with Crippen LogP contribution in [0.1, 0.15) is 131 Å². The van der Waals surface area contributed by atoms with Crippen LogP contribution in [0.2, 0.25) is 0 Å². The predicted molar refractivity (Wildman–Crippen MR) is 282 cm³/mol. The van der Waals surface area contributed by atoms with E-state index in [-0.39, 0.29) is 55.0 Å². The molecule has 4 atom stereocenters. The molecule has 0 aliphatic carbocycles. The molecule has 2 aliphatic rings. The molecule has 0 saturated carbocycles. The number of hydrogen-bond acceptors (Lipinski definition) is 9. The zero-order valence-corrected chi connectivity index (χ0v) is 41.6. The number of hydrogen-bond donors (Lipinski definition) is 5. The zero-order chi connectivity index (χ0) is 50.9. The SMILES string of the molecule is C.CCC(O)CCNC(CC)CCN.C[C@@H](c1ccccc1-c1ccc(F)cc1)n1cncc1C(=O)N1CCC(N2CCC(O)CC2)CC1.C[C@@H](c1ccccc1-c1ccc(F)cc1)n1cncc1C(=O)O. The molecule has 2 aromatic heterocycles.